The first-order valence-electron chi connectivity index (χ1n) is 5.38. The molecule has 2 atom stereocenters. The lowest BCUT2D eigenvalue weighted by atomic mass is 9.96. The fourth-order valence-corrected chi connectivity index (χ4v) is 1.58. The third-order valence-electron chi connectivity index (χ3n) is 2.55. The quantitative estimate of drug-likeness (QED) is 0.580. The Balaban J connectivity index is 3.26. The lowest BCUT2D eigenvalue weighted by Crippen LogP contribution is -2.23. The highest BCUT2D eigenvalue weighted by Gasteiger charge is 2.05. The van der Waals surface area contributed by atoms with Crippen molar-refractivity contribution in [1.82, 2.24) is 5.32 Å². The van der Waals surface area contributed by atoms with E-state index in [9.17, 15) is 0 Å². The average Bonchev–Trinajstić information content (AvgIpc) is 2.05. The lowest BCUT2D eigenvalue weighted by Gasteiger charge is -2.16. The van der Waals surface area contributed by atoms with E-state index < -0.39 is 0 Å². The minimum absolute atomic E-state index is 0.682. The van der Waals surface area contributed by atoms with Crippen molar-refractivity contribution in [3.05, 3.63) is 0 Å². The predicted octanol–water partition coefficient (Wildman–Crippen LogP) is 3.20. The summed E-state index contributed by atoms with van der Waals surface area (Å²) >= 11 is 0. The molecular weight excluding hydrogens is 146 g/mol. The molecule has 0 heterocycles. The van der Waals surface area contributed by atoms with Crippen LogP contribution in [0, 0.1) is 5.92 Å². The van der Waals surface area contributed by atoms with Crippen molar-refractivity contribution in [1.29, 1.82) is 0 Å². The molecular formula is C11H25N. The van der Waals surface area contributed by atoms with Gasteiger partial charge in [-0.15, -0.1) is 0 Å². The number of hydrogen-bond donors (Lipinski definition) is 1. The standard InChI is InChI=1S/C11H25N/c1-5-6-7-8-10(2)9-11(3)12-4/h10-12H,5-9H2,1-4H3/t10?,11-/m1/s1. The monoisotopic (exact) mass is 171 g/mol. The number of nitrogens with one attached hydrogen (secondary N) is 1. The first kappa shape index (κ1) is 12.0. The Hall–Kier alpha value is -0.0400. The maximum Gasteiger partial charge on any atom is 0.00382 e. The summed E-state index contributed by atoms with van der Waals surface area (Å²) in [7, 11) is 2.05. The fraction of sp³-hybridized carbons (Fsp3) is 1.00. The van der Waals surface area contributed by atoms with Crippen molar-refractivity contribution >= 4 is 0 Å². The fourth-order valence-electron chi connectivity index (χ4n) is 1.58. The van der Waals surface area contributed by atoms with Crippen molar-refractivity contribution in [3.8, 4) is 0 Å². The molecule has 0 spiro atoms. The van der Waals surface area contributed by atoms with Gasteiger partial charge in [-0.1, -0.05) is 39.5 Å². The van der Waals surface area contributed by atoms with Gasteiger partial charge in [-0.05, 0) is 26.3 Å². The second-order valence-corrected chi connectivity index (χ2v) is 4.03. The van der Waals surface area contributed by atoms with Crippen LogP contribution >= 0.6 is 0 Å². The summed E-state index contributed by atoms with van der Waals surface area (Å²) in [6.45, 7) is 6.89. The smallest absolute Gasteiger partial charge is 0.00382 e. The van der Waals surface area contributed by atoms with Crippen molar-refractivity contribution < 1.29 is 0 Å². The van der Waals surface area contributed by atoms with Crippen molar-refractivity contribution in [2.45, 2.75) is 58.9 Å². The Morgan fingerprint density at radius 2 is 1.83 bits per heavy atom. The van der Waals surface area contributed by atoms with Crippen LogP contribution < -0.4 is 5.32 Å². The van der Waals surface area contributed by atoms with Gasteiger partial charge in [0.15, 0.2) is 0 Å². The highest BCUT2D eigenvalue weighted by atomic mass is 14.8. The zero-order chi connectivity index (χ0) is 9.40. The van der Waals surface area contributed by atoms with Gasteiger partial charge in [0.2, 0.25) is 0 Å². The molecule has 0 aromatic rings. The molecule has 0 aromatic heterocycles. The highest BCUT2D eigenvalue weighted by molar-refractivity contribution is 4.62. The molecule has 1 heteroatoms. The molecule has 0 radical (unpaired) electrons. The third kappa shape index (κ3) is 6.66. The van der Waals surface area contributed by atoms with E-state index in [0.29, 0.717) is 6.04 Å². The maximum absolute atomic E-state index is 3.29. The van der Waals surface area contributed by atoms with Gasteiger partial charge >= 0.3 is 0 Å². The van der Waals surface area contributed by atoms with E-state index in [1.54, 1.807) is 0 Å². The Kier molecular flexibility index (Phi) is 7.58. The Bertz CT molecular complexity index is 91.0. The SMILES string of the molecule is CCCCCC(C)C[C@@H](C)NC. The second-order valence-electron chi connectivity index (χ2n) is 4.03. The van der Waals surface area contributed by atoms with Crippen LogP contribution in [-0.4, -0.2) is 13.1 Å². The van der Waals surface area contributed by atoms with Crippen LogP contribution in [0.3, 0.4) is 0 Å². The molecule has 1 nitrogen and oxygen atoms in total. The van der Waals surface area contributed by atoms with E-state index in [-0.39, 0.29) is 0 Å². The summed E-state index contributed by atoms with van der Waals surface area (Å²) in [5.74, 6) is 0.888. The summed E-state index contributed by atoms with van der Waals surface area (Å²) in [5.41, 5.74) is 0. The molecule has 1 unspecified atom stereocenters. The molecule has 0 aliphatic carbocycles. The van der Waals surface area contributed by atoms with E-state index in [1.807, 2.05) is 7.05 Å². The normalized spacial score (nSPS) is 16.0. The molecule has 74 valence electrons. The molecule has 1 N–H and O–H groups in total. The van der Waals surface area contributed by atoms with Gasteiger partial charge in [0.25, 0.3) is 0 Å². The van der Waals surface area contributed by atoms with E-state index in [2.05, 4.69) is 26.1 Å². The van der Waals surface area contributed by atoms with Gasteiger partial charge in [-0.3, -0.25) is 0 Å². The molecule has 0 saturated heterocycles. The van der Waals surface area contributed by atoms with Gasteiger partial charge in [-0.25, -0.2) is 0 Å². The molecule has 0 fully saturated rings. The van der Waals surface area contributed by atoms with Crippen LogP contribution in [0.4, 0.5) is 0 Å². The first-order chi connectivity index (χ1) is 5.70. The molecule has 0 bridgehead atoms. The topological polar surface area (TPSA) is 12.0 Å². The minimum Gasteiger partial charge on any atom is -0.317 e. The van der Waals surface area contributed by atoms with Crippen molar-refractivity contribution in [2.24, 2.45) is 5.92 Å². The van der Waals surface area contributed by atoms with E-state index in [1.165, 1.54) is 32.1 Å². The van der Waals surface area contributed by atoms with Gasteiger partial charge in [0.1, 0.15) is 0 Å². The second kappa shape index (κ2) is 7.60. The van der Waals surface area contributed by atoms with Gasteiger partial charge in [0, 0.05) is 6.04 Å². The predicted molar refractivity (Wildman–Crippen MR) is 56.4 cm³/mol. The lowest BCUT2D eigenvalue weighted by molar-refractivity contribution is 0.405. The van der Waals surface area contributed by atoms with Gasteiger partial charge in [-0.2, -0.15) is 0 Å². The van der Waals surface area contributed by atoms with Gasteiger partial charge in [0.05, 0.1) is 0 Å². The minimum atomic E-state index is 0.682. The largest absolute Gasteiger partial charge is 0.317 e. The van der Waals surface area contributed by atoms with Crippen molar-refractivity contribution in [2.75, 3.05) is 7.05 Å². The molecule has 0 aromatic carbocycles. The van der Waals surface area contributed by atoms with Crippen LogP contribution in [0.25, 0.3) is 0 Å². The average molecular weight is 171 g/mol. The number of hydrogen-bond acceptors (Lipinski definition) is 1. The molecule has 0 saturated carbocycles. The van der Waals surface area contributed by atoms with Crippen LogP contribution in [0.1, 0.15) is 52.9 Å². The van der Waals surface area contributed by atoms with E-state index in [4.69, 9.17) is 0 Å². The molecule has 0 amide bonds. The van der Waals surface area contributed by atoms with Crippen molar-refractivity contribution in [3.63, 3.8) is 0 Å². The van der Waals surface area contributed by atoms with E-state index in [0.717, 1.165) is 5.92 Å². The Morgan fingerprint density at radius 1 is 1.17 bits per heavy atom. The van der Waals surface area contributed by atoms with Crippen LogP contribution in [0.2, 0.25) is 0 Å². The molecule has 0 rings (SSSR count). The van der Waals surface area contributed by atoms with Gasteiger partial charge < -0.3 is 5.32 Å². The summed E-state index contributed by atoms with van der Waals surface area (Å²) in [6.07, 6.45) is 6.88. The maximum atomic E-state index is 3.29. The Labute approximate surface area is 77.9 Å². The van der Waals surface area contributed by atoms with Crippen LogP contribution in [0.15, 0.2) is 0 Å². The number of unbranched alkanes of at least 4 members (excludes halogenated alkanes) is 2. The zero-order valence-electron chi connectivity index (χ0n) is 9.19. The van der Waals surface area contributed by atoms with Crippen LogP contribution in [-0.2, 0) is 0 Å². The molecule has 0 aliphatic rings. The summed E-state index contributed by atoms with van der Waals surface area (Å²) < 4.78 is 0. The highest BCUT2D eigenvalue weighted by Crippen LogP contribution is 2.14. The Morgan fingerprint density at radius 3 is 2.33 bits per heavy atom. The van der Waals surface area contributed by atoms with Crippen LogP contribution in [0.5, 0.6) is 0 Å². The summed E-state index contributed by atoms with van der Waals surface area (Å²) in [5, 5.41) is 3.29. The molecule has 0 aliphatic heterocycles. The van der Waals surface area contributed by atoms with E-state index >= 15 is 0 Å². The summed E-state index contributed by atoms with van der Waals surface area (Å²) in [4.78, 5) is 0. The first-order valence-corrected chi connectivity index (χ1v) is 5.38. The summed E-state index contributed by atoms with van der Waals surface area (Å²) in [6, 6.07) is 0.682. The number of rotatable bonds is 7. The third-order valence-corrected chi connectivity index (χ3v) is 2.55. The zero-order valence-corrected chi connectivity index (χ0v) is 9.19. The molecule has 12 heavy (non-hydrogen) atoms.